The summed E-state index contributed by atoms with van der Waals surface area (Å²) in [5.41, 5.74) is 0.694. The second kappa shape index (κ2) is 6.64. The highest BCUT2D eigenvalue weighted by Crippen LogP contribution is 2.39. The number of hydrogen-bond acceptors (Lipinski definition) is 7. The Morgan fingerprint density at radius 2 is 2.15 bits per heavy atom. The van der Waals surface area contributed by atoms with Gasteiger partial charge in [0.1, 0.15) is 16.3 Å². The van der Waals surface area contributed by atoms with Gasteiger partial charge in [-0.15, -0.1) is 32.9 Å². The molecule has 0 bridgehead atoms. The highest BCUT2D eigenvalue weighted by molar-refractivity contribution is 7.98. The molecule has 0 atom stereocenters. The SMILES string of the molecule is O=c1[nH]c(CSc2nnc(Cc3cccs3)n2C2CC2)nc2ccsc12. The number of thiophene rings is 2. The third-order valence-electron chi connectivity index (χ3n) is 4.26. The molecule has 0 amide bonds. The van der Waals surface area contributed by atoms with Crippen LogP contribution in [-0.2, 0) is 12.2 Å². The number of nitrogens with one attached hydrogen (secondary N) is 1. The third-order valence-corrected chi connectivity index (χ3v) is 6.99. The molecule has 132 valence electrons. The van der Waals surface area contributed by atoms with Crippen LogP contribution in [0.15, 0.2) is 38.9 Å². The van der Waals surface area contributed by atoms with Crippen molar-refractivity contribution in [2.45, 2.75) is 36.2 Å². The molecule has 1 N–H and O–H groups in total. The monoisotopic (exact) mass is 401 g/mol. The van der Waals surface area contributed by atoms with E-state index in [9.17, 15) is 4.79 Å². The zero-order valence-electron chi connectivity index (χ0n) is 13.7. The van der Waals surface area contributed by atoms with Crippen molar-refractivity contribution in [1.82, 2.24) is 24.7 Å². The van der Waals surface area contributed by atoms with Gasteiger partial charge in [-0.3, -0.25) is 4.79 Å². The number of thioether (sulfide) groups is 1. The summed E-state index contributed by atoms with van der Waals surface area (Å²) < 4.78 is 2.95. The molecule has 0 spiro atoms. The lowest BCUT2D eigenvalue weighted by Gasteiger charge is -2.08. The molecule has 4 aromatic rings. The maximum Gasteiger partial charge on any atom is 0.268 e. The van der Waals surface area contributed by atoms with Crippen molar-refractivity contribution < 1.29 is 0 Å². The molecule has 0 saturated heterocycles. The summed E-state index contributed by atoms with van der Waals surface area (Å²) in [7, 11) is 0. The van der Waals surface area contributed by atoms with Crippen LogP contribution in [0.25, 0.3) is 10.2 Å². The minimum atomic E-state index is -0.0670. The van der Waals surface area contributed by atoms with E-state index in [4.69, 9.17) is 0 Å². The van der Waals surface area contributed by atoms with E-state index in [2.05, 4.69) is 42.2 Å². The molecule has 1 aliphatic carbocycles. The van der Waals surface area contributed by atoms with Gasteiger partial charge >= 0.3 is 0 Å². The van der Waals surface area contributed by atoms with Crippen LogP contribution in [0.4, 0.5) is 0 Å². The predicted molar refractivity (Wildman–Crippen MR) is 105 cm³/mol. The zero-order valence-corrected chi connectivity index (χ0v) is 16.2. The normalized spacial score (nSPS) is 14.3. The van der Waals surface area contributed by atoms with E-state index in [1.54, 1.807) is 23.1 Å². The molecule has 0 aliphatic heterocycles. The Labute approximate surface area is 161 Å². The largest absolute Gasteiger partial charge is 0.309 e. The molecule has 1 aliphatic rings. The predicted octanol–water partition coefficient (Wildman–Crippen LogP) is 3.86. The van der Waals surface area contributed by atoms with Crippen LogP contribution in [0.5, 0.6) is 0 Å². The molecular formula is C17H15N5OS3. The molecule has 5 rings (SSSR count). The average Bonchev–Trinajstić information content (AvgIpc) is 3.04. The van der Waals surface area contributed by atoms with Crippen molar-refractivity contribution >= 4 is 44.7 Å². The van der Waals surface area contributed by atoms with Gasteiger partial charge in [-0.2, -0.15) is 0 Å². The van der Waals surface area contributed by atoms with Gasteiger partial charge < -0.3 is 9.55 Å². The molecular weight excluding hydrogens is 386 g/mol. The van der Waals surface area contributed by atoms with Crippen molar-refractivity contribution in [2.75, 3.05) is 0 Å². The van der Waals surface area contributed by atoms with Gasteiger partial charge in [0.25, 0.3) is 5.56 Å². The van der Waals surface area contributed by atoms with E-state index in [0.29, 0.717) is 22.3 Å². The lowest BCUT2D eigenvalue weighted by molar-refractivity contribution is 0.635. The molecule has 9 heteroatoms. The summed E-state index contributed by atoms with van der Waals surface area (Å²) in [5, 5.41) is 13.7. The molecule has 4 aromatic heterocycles. The van der Waals surface area contributed by atoms with Crippen LogP contribution in [0.3, 0.4) is 0 Å². The molecule has 0 radical (unpaired) electrons. The molecule has 1 fully saturated rings. The highest BCUT2D eigenvalue weighted by atomic mass is 32.2. The van der Waals surface area contributed by atoms with Gasteiger partial charge in [-0.25, -0.2) is 4.98 Å². The summed E-state index contributed by atoms with van der Waals surface area (Å²) >= 11 is 4.75. The average molecular weight is 402 g/mol. The topological polar surface area (TPSA) is 76.5 Å². The number of hydrogen-bond donors (Lipinski definition) is 1. The molecule has 4 heterocycles. The lowest BCUT2D eigenvalue weighted by Crippen LogP contribution is -2.10. The Morgan fingerprint density at radius 1 is 1.23 bits per heavy atom. The van der Waals surface area contributed by atoms with Gasteiger partial charge in [0, 0.05) is 17.3 Å². The lowest BCUT2D eigenvalue weighted by atomic mass is 10.3. The number of nitrogens with zero attached hydrogens (tertiary/aromatic N) is 4. The van der Waals surface area contributed by atoms with E-state index in [1.165, 1.54) is 29.1 Å². The summed E-state index contributed by atoms with van der Waals surface area (Å²) in [6.45, 7) is 0. The second-order valence-corrected chi connectivity index (χ2v) is 9.08. The first kappa shape index (κ1) is 16.2. The van der Waals surface area contributed by atoms with Gasteiger partial charge in [0.15, 0.2) is 5.16 Å². The zero-order chi connectivity index (χ0) is 17.5. The first-order chi connectivity index (χ1) is 12.8. The van der Waals surface area contributed by atoms with Gasteiger partial charge in [-0.1, -0.05) is 17.8 Å². The number of aromatic nitrogens is 5. The summed E-state index contributed by atoms with van der Waals surface area (Å²) in [6.07, 6.45) is 3.18. The van der Waals surface area contributed by atoms with E-state index in [0.717, 1.165) is 22.9 Å². The van der Waals surface area contributed by atoms with Crippen LogP contribution in [0, 0.1) is 0 Å². The summed E-state index contributed by atoms with van der Waals surface area (Å²) in [5.74, 6) is 2.27. The quantitative estimate of drug-likeness (QED) is 0.497. The fourth-order valence-electron chi connectivity index (χ4n) is 2.92. The van der Waals surface area contributed by atoms with Gasteiger partial charge in [0.2, 0.25) is 0 Å². The van der Waals surface area contributed by atoms with Crippen molar-refractivity contribution in [3.05, 3.63) is 55.8 Å². The first-order valence-corrected chi connectivity index (χ1v) is 11.1. The Kier molecular flexibility index (Phi) is 4.14. The molecule has 6 nitrogen and oxygen atoms in total. The van der Waals surface area contributed by atoms with Crippen molar-refractivity contribution in [3.63, 3.8) is 0 Å². The van der Waals surface area contributed by atoms with E-state index in [1.807, 2.05) is 11.4 Å². The van der Waals surface area contributed by atoms with E-state index >= 15 is 0 Å². The van der Waals surface area contributed by atoms with E-state index in [-0.39, 0.29) is 5.56 Å². The maximum atomic E-state index is 12.1. The summed E-state index contributed by atoms with van der Waals surface area (Å²) in [4.78, 5) is 20.8. The minimum absolute atomic E-state index is 0.0670. The van der Waals surface area contributed by atoms with Crippen molar-refractivity contribution in [3.8, 4) is 0 Å². The fraction of sp³-hybridized carbons (Fsp3) is 0.294. The Balaban J connectivity index is 1.39. The Morgan fingerprint density at radius 3 is 2.96 bits per heavy atom. The Hall–Kier alpha value is -1.97. The van der Waals surface area contributed by atoms with Gasteiger partial charge in [0.05, 0.1) is 11.3 Å². The first-order valence-electron chi connectivity index (χ1n) is 8.33. The number of aromatic amines is 1. The number of fused-ring (bicyclic) bond motifs is 1. The molecule has 0 aromatic carbocycles. The van der Waals surface area contributed by atoms with Crippen LogP contribution in [-0.4, -0.2) is 24.7 Å². The summed E-state index contributed by atoms with van der Waals surface area (Å²) in [6, 6.07) is 6.59. The molecule has 26 heavy (non-hydrogen) atoms. The van der Waals surface area contributed by atoms with E-state index < -0.39 is 0 Å². The van der Waals surface area contributed by atoms with Crippen LogP contribution in [0.2, 0.25) is 0 Å². The van der Waals surface area contributed by atoms with Crippen LogP contribution in [0.1, 0.15) is 35.4 Å². The van der Waals surface area contributed by atoms with Crippen molar-refractivity contribution in [1.29, 1.82) is 0 Å². The smallest absolute Gasteiger partial charge is 0.268 e. The maximum absolute atomic E-state index is 12.1. The standard InChI is InChI=1S/C17H15N5OS3/c23-16-15-12(5-7-25-15)18-13(19-16)9-26-17-21-20-14(22(17)10-3-4-10)8-11-2-1-6-24-11/h1-2,5-7,10H,3-4,8-9H2,(H,18,19,23). The molecule has 1 saturated carbocycles. The van der Waals surface area contributed by atoms with Crippen molar-refractivity contribution in [2.24, 2.45) is 0 Å². The number of rotatable bonds is 6. The fourth-order valence-corrected chi connectivity index (χ4v) is 5.24. The minimum Gasteiger partial charge on any atom is -0.309 e. The highest BCUT2D eigenvalue weighted by Gasteiger charge is 2.29. The number of H-pyrrole nitrogens is 1. The van der Waals surface area contributed by atoms with Gasteiger partial charge in [-0.05, 0) is 35.7 Å². The van der Waals surface area contributed by atoms with Crippen LogP contribution >= 0.6 is 34.4 Å². The third kappa shape index (κ3) is 3.10. The molecule has 0 unspecified atom stereocenters. The Bertz CT molecular complexity index is 1110. The van der Waals surface area contributed by atoms with Crippen LogP contribution < -0.4 is 5.56 Å². The second-order valence-electron chi connectivity index (χ2n) is 6.19.